The number of aliphatic hydroxyl groups is 2. The second-order valence-corrected chi connectivity index (χ2v) is 4.62. The molecule has 1 aliphatic heterocycles. The topological polar surface area (TPSA) is 145 Å². The van der Waals surface area contributed by atoms with Gasteiger partial charge in [0.1, 0.15) is 11.9 Å². The van der Waals surface area contributed by atoms with E-state index in [0.717, 1.165) is 4.57 Å². The number of ether oxygens (including phenoxy) is 1. The standard InChI is InChI=1S/C11H15FN6O4/c1-2-14-6-3-4-18(10(21)15-6)9-7(12)8(20)11(5-19,22-9)16-17-13/h3-4,7-9,19-20H,2,5H2,1H3,(H,14,15,21)/t7-,8-,9+,11?/m0/s1. The summed E-state index contributed by atoms with van der Waals surface area (Å²) in [7, 11) is 0. The molecule has 11 heteroatoms. The first-order valence-corrected chi connectivity index (χ1v) is 6.49. The van der Waals surface area contributed by atoms with Gasteiger partial charge in [-0.3, -0.25) is 4.57 Å². The fraction of sp³-hybridized carbons (Fsp3) is 0.636. The molecular formula is C11H15FN6O4. The Hall–Kier alpha value is -2.20. The summed E-state index contributed by atoms with van der Waals surface area (Å²) < 4.78 is 20.2. The van der Waals surface area contributed by atoms with Crippen molar-refractivity contribution in [3.8, 4) is 0 Å². The van der Waals surface area contributed by atoms with Crippen LogP contribution in [-0.2, 0) is 4.74 Å². The van der Waals surface area contributed by atoms with E-state index >= 15 is 0 Å². The van der Waals surface area contributed by atoms with Crippen LogP contribution in [0.15, 0.2) is 22.2 Å². The van der Waals surface area contributed by atoms with E-state index in [4.69, 9.17) is 10.3 Å². The molecule has 22 heavy (non-hydrogen) atoms. The highest BCUT2D eigenvalue weighted by atomic mass is 19.1. The molecule has 0 saturated carbocycles. The number of aromatic nitrogens is 2. The van der Waals surface area contributed by atoms with E-state index in [1.807, 2.05) is 6.92 Å². The second kappa shape index (κ2) is 6.28. The third-order valence-electron chi connectivity index (χ3n) is 3.26. The highest BCUT2D eigenvalue weighted by Crippen LogP contribution is 2.39. The molecule has 0 spiro atoms. The first-order chi connectivity index (χ1) is 10.5. The first-order valence-electron chi connectivity index (χ1n) is 6.49. The zero-order valence-electron chi connectivity index (χ0n) is 11.6. The lowest BCUT2D eigenvalue weighted by Gasteiger charge is -2.23. The average Bonchev–Trinajstić information content (AvgIpc) is 2.74. The third-order valence-corrected chi connectivity index (χ3v) is 3.26. The Balaban J connectivity index is 2.38. The van der Waals surface area contributed by atoms with Crippen molar-refractivity contribution in [1.29, 1.82) is 0 Å². The molecule has 0 amide bonds. The minimum absolute atomic E-state index is 0.307. The molecule has 1 unspecified atom stereocenters. The molecule has 3 N–H and O–H groups in total. The van der Waals surface area contributed by atoms with Gasteiger partial charge in [0.15, 0.2) is 12.4 Å². The van der Waals surface area contributed by atoms with Gasteiger partial charge in [-0.05, 0) is 18.5 Å². The van der Waals surface area contributed by atoms with E-state index in [1.54, 1.807) is 0 Å². The molecule has 4 atom stereocenters. The van der Waals surface area contributed by atoms with Crippen LogP contribution < -0.4 is 11.0 Å². The van der Waals surface area contributed by atoms with Crippen LogP contribution in [0, 0.1) is 0 Å². The summed E-state index contributed by atoms with van der Waals surface area (Å²) in [6, 6.07) is 1.43. The Morgan fingerprint density at radius 3 is 3.00 bits per heavy atom. The number of anilines is 1. The fourth-order valence-corrected chi connectivity index (χ4v) is 2.17. The molecule has 1 aromatic rings. The summed E-state index contributed by atoms with van der Waals surface area (Å²) in [6.07, 6.45) is -4.33. The Labute approximate surface area is 123 Å². The quantitative estimate of drug-likeness (QED) is 0.393. The monoisotopic (exact) mass is 314 g/mol. The SMILES string of the molecule is CCNc1ccn([C@@H]2OC(CO)(N=[N+]=[N-])[C@@H](O)[C@@H]2F)c(=O)n1. The molecule has 0 bridgehead atoms. The molecule has 1 aromatic heterocycles. The van der Waals surface area contributed by atoms with Crippen molar-refractivity contribution in [1.82, 2.24) is 9.55 Å². The number of hydrogen-bond acceptors (Lipinski definition) is 7. The number of halogens is 1. The molecule has 0 aliphatic carbocycles. The third kappa shape index (κ3) is 2.62. The number of nitrogens with zero attached hydrogens (tertiary/aromatic N) is 5. The van der Waals surface area contributed by atoms with Crippen molar-refractivity contribution >= 4 is 5.82 Å². The van der Waals surface area contributed by atoms with E-state index in [2.05, 4.69) is 20.3 Å². The molecule has 120 valence electrons. The van der Waals surface area contributed by atoms with Crippen LogP contribution in [0.2, 0.25) is 0 Å². The Kier molecular flexibility index (Phi) is 4.62. The highest BCUT2D eigenvalue weighted by Gasteiger charge is 2.56. The van der Waals surface area contributed by atoms with Crippen molar-refractivity contribution in [3.63, 3.8) is 0 Å². The number of aliphatic hydroxyl groups excluding tert-OH is 2. The molecule has 0 radical (unpaired) electrons. The number of azide groups is 1. The van der Waals surface area contributed by atoms with Crippen LogP contribution in [0.1, 0.15) is 13.2 Å². The summed E-state index contributed by atoms with van der Waals surface area (Å²) in [5.74, 6) is 0.307. The largest absolute Gasteiger partial charge is 0.393 e. The smallest absolute Gasteiger partial charge is 0.351 e. The van der Waals surface area contributed by atoms with Crippen LogP contribution in [0.5, 0.6) is 0 Å². The minimum Gasteiger partial charge on any atom is -0.393 e. The lowest BCUT2D eigenvalue weighted by molar-refractivity contribution is -0.124. The zero-order chi connectivity index (χ0) is 16.3. The van der Waals surface area contributed by atoms with Gasteiger partial charge in [-0.15, -0.1) is 0 Å². The molecule has 1 aliphatic rings. The van der Waals surface area contributed by atoms with Crippen molar-refractivity contribution in [2.24, 2.45) is 5.11 Å². The second-order valence-electron chi connectivity index (χ2n) is 4.62. The molecule has 10 nitrogen and oxygen atoms in total. The Bertz CT molecular complexity index is 648. The van der Waals surface area contributed by atoms with Gasteiger partial charge in [0.2, 0.25) is 5.72 Å². The van der Waals surface area contributed by atoms with Crippen molar-refractivity contribution in [3.05, 3.63) is 33.2 Å². The predicted molar refractivity (Wildman–Crippen MR) is 72.6 cm³/mol. The van der Waals surface area contributed by atoms with E-state index in [1.165, 1.54) is 12.3 Å². The Morgan fingerprint density at radius 2 is 2.45 bits per heavy atom. The highest BCUT2D eigenvalue weighted by molar-refractivity contribution is 5.31. The van der Waals surface area contributed by atoms with Crippen molar-refractivity contribution in [2.45, 2.75) is 31.2 Å². The number of alkyl halides is 1. The van der Waals surface area contributed by atoms with Crippen LogP contribution in [0.3, 0.4) is 0 Å². The zero-order valence-corrected chi connectivity index (χ0v) is 11.6. The van der Waals surface area contributed by atoms with Crippen LogP contribution in [0.4, 0.5) is 10.2 Å². The molecule has 2 rings (SSSR count). The molecule has 1 saturated heterocycles. The van der Waals surface area contributed by atoms with Gasteiger partial charge in [0.25, 0.3) is 0 Å². The van der Waals surface area contributed by atoms with Gasteiger partial charge in [-0.1, -0.05) is 5.11 Å². The summed E-state index contributed by atoms with van der Waals surface area (Å²) >= 11 is 0. The minimum atomic E-state index is -2.18. The first kappa shape index (κ1) is 16.2. The fourth-order valence-electron chi connectivity index (χ4n) is 2.17. The van der Waals surface area contributed by atoms with Crippen molar-refractivity contribution in [2.75, 3.05) is 18.5 Å². The van der Waals surface area contributed by atoms with Gasteiger partial charge in [0.05, 0.1) is 6.61 Å². The maximum atomic E-state index is 14.2. The van der Waals surface area contributed by atoms with Gasteiger partial charge < -0.3 is 20.3 Å². The summed E-state index contributed by atoms with van der Waals surface area (Å²) in [6.45, 7) is 1.43. The van der Waals surface area contributed by atoms with Crippen molar-refractivity contribution < 1.29 is 19.3 Å². The maximum Gasteiger partial charge on any atom is 0.351 e. The number of nitrogens with one attached hydrogen (secondary N) is 1. The summed E-state index contributed by atoms with van der Waals surface area (Å²) in [4.78, 5) is 18.1. The van der Waals surface area contributed by atoms with Gasteiger partial charge in [0, 0.05) is 17.7 Å². The molecule has 1 fully saturated rings. The predicted octanol–water partition coefficient (Wildman–Crippen LogP) is -0.0982. The number of rotatable bonds is 5. The van der Waals surface area contributed by atoms with E-state index < -0.39 is 36.5 Å². The molecule has 2 heterocycles. The van der Waals surface area contributed by atoms with E-state index in [-0.39, 0.29) is 0 Å². The lowest BCUT2D eigenvalue weighted by atomic mass is 10.1. The van der Waals surface area contributed by atoms with E-state index in [9.17, 15) is 19.4 Å². The van der Waals surface area contributed by atoms with Crippen LogP contribution in [0.25, 0.3) is 10.4 Å². The van der Waals surface area contributed by atoms with Crippen LogP contribution in [-0.4, -0.2) is 50.9 Å². The molecular weight excluding hydrogens is 299 g/mol. The van der Waals surface area contributed by atoms with E-state index in [0.29, 0.717) is 12.4 Å². The van der Waals surface area contributed by atoms with Gasteiger partial charge in [-0.25, -0.2) is 9.18 Å². The molecule has 0 aromatic carbocycles. The maximum absolute atomic E-state index is 14.2. The van der Waals surface area contributed by atoms with Gasteiger partial charge >= 0.3 is 5.69 Å². The normalized spacial score (nSPS) is 30.8. The van der Waals surface area contributed by atoms with Crippen LogP contribution >= 0.6 is 0 Å². The summed E-state index contributed by atoms with van der Waals surface area (Å²) in [5.41, 5.74) is 5.48. The summed E-state index contributed by atoms with van der Waals surface area (Å²) in [5, 5.41) is 25.0. The Morgan fingerprint density at radius 1 is 1.73 bits per heavy atom. The average molecular weight is 314 g/mol. The van der Waals surface area contributed by atoms with Gasteiger partial charge in [-0.2, -0.15) is 4.98 Å². The number of hydrogen-bond donors (Lipinski definition) is 3. The lowest BCUT2D eigenvalue weighted by Crippen LogP contribution is -2.43.